The van der Waals surface area contributed by atoms with E-state index in [1.54, 1.807) is 18.4 Å². The monoisotopic (exact) mass is 362 g/mol. The number of thiophene rings is 1. The van der Waals surface area contributed by atoms with E-state index in [-0.39, 0.29) is 6.04 Å². The van der Waals surface area contributed by atoms with Gasteiger partial charge in [0, 0.05) is 12.0 Å². The summed E-state index contributed by atoms with van der Waals surface area (Å²) in [5.41, 5.74) is 3.90. The van der Waals surface area contributed by atoms with Gasteiger partial charge in [-0.3, -0.25) is 9.80 Å². The van der Waals surface area contributed by atoms with Crippen molar-refractivity contribution >= 4 is 29.0 Å². The molecule has 0 bridgehead atoms. The van der Waals surface area contributed by atoms with Gasteiger partial charge in [-0.25, -0.2) is 0 Å². The average Bonchev–Trinajstić information content (AvgIpc) is 3.38. The molecule has 0 saturated carbocycles. The first-order valence-electron chi connectivity index (χ1n) is 8.38. The summed E-state index contributed by atoms with van der Waals surface area (Å²) in [6.45, 7) is 0. The zero-order valence-corrected chi connectivity index (χ0v) is 15.1. The topological polar surface area (TPSA) is 41.9 Å². The average molecular weight is 362 g/mol. The molecular formula is C21H18N2O2S. The summed E-state index contributed by atoms with van der Waals surface area (Å²) < 4.78 is 5.28. The first-order chi connectivity index (χ1) is 12.8. The van der Waals surface area contributed by atoms with Crippen LogP contribution in [0.2, 0.25) is 0 Å². The normalized spacial score (nSPS) is 16.4. The molecule has 0 unspecified atom stereocenters. The van der Waals surface area contributed by atoms with Crippen LogP contribution in [-0.4, -0.2) is 19.1 Å². The number of rotatable bonds is 5. The molecule has 1 aromatic heterocycles. The fourth-order valence-corrected chi connectivity index (χ4v) is 3.85. The third-order valence-electron chi connectivity index (χ3n) is 4.51. The second kappa shape index (κ2) is 7.14. The summed E-state index contributed by atoms with van der Waals surface area (Å²) in [4.78, 5) is 12.1. The predicted octanol–water partition coefficient (Wildman–Crippen LogP) is 4.92. The summed E-state index contributed by atoms with van der Waals surface area (Å²) in [5, 5.41) is 9.02. The van der Waals surface area contributed by atoms with E-state index in [0.717, 1.165) is 29.9 Å². The van der Waals surface area contributed by atoms with E-state index in [1.807, 2.05) is 47.5 Å². The van der Waals surface area contributed by atoms with Crippen LogP contribution in [0.3, 0.4) is 0 Å². The predicted molar refractivity (Wildman–Crippen MR) is 106 cm³/mol. The molecule has 5 heteroatoms. The molecule has 4 rings (SSSR count). The third kappa shape index (κ3) is 3.13. The summed E-state index contributed by atoms with van der Waals surface area (Å²) in [6.07, 6.45) is 1.69. The number of carbonyl (C=O) groups is 1. The smallest absolute Gasteiger partial charge is 0.150 e. The number of anilines is 1. The standard InChI is InChI=1S/C21H18N2O2S/c1-25-18-10-6-16(7-11-18)20-13-19(21-3-2-12-26-21)22-23(20)17-8-4-15(14-24)5-9-17/h2-12,14,20H,13H2,1H3/t20-/m1/s1. The second-order valence-corrected chi connectivity index (χ2v) is 7.02. The maximum atomic E-state index is 10.9. The van der Waals surface area contributed by atoms with E-state index < -0.39 is 0 Å². The molecule has 0 aliphatic carbocycles. The van der Waals surface area contributed by atoms with Crippen LogP contribution < -0.4 is 9.75 Å². The maximum Gasteiger partial charge on any atom is 0.150 e. The Hall–Kier alpha value is -2.92. The van der Waals surface area contributed by atoms with E-state index in [9.17, 15) is 4.79 Å². The zero-order valence-electron chi connectivity index (χ0n) is 14.3. The van der Waals surface area contributed by atoms with E-state index >= 15 is 0 Å². The van der Waals surface area contributed by atoms with Crippen molar-refractivity contribution in [3.8, 4) is 5.75 Å². The Kier molecular flexibility index (Phi) is 4.54. The lowest BCUT2D eigenvalue weighted by molar-refractivity contribution is 0.112. The molecule has 0 amide bonds. The van der Waals surface area contributed by atoms with Crippen LogP contribution >= 0.6 is 11.3 Å². The Labute approximate surface area is 156 Å². The third-order valence-corrected chi connectivity index (χ3v) is 5.43. The van der Waals surface area contributed by atoms with Crippen molar-refractivity contribution in [2.45, 2.75) is 12.5 Å². The van der Waals surface area contributed by atoms with Gasteiger partial charge in [-0.2, -0.15) is 5.10 Å². The van der Waals surface area contributed by atoms with Crippen LogP contribution in [0, 0.1) is 0 Å². The lowest BCUT2D eigenvalue weighted by Gasteiger charge is -2.24. The quantitative estimate of drug-likeness (QED) is 0.605. The number of methoxy groups -OCH3 is 1. The Morgan fingerprint density at radius 1 is 1.12 bits per heavy atom. The maximum absolute atomic E-state index is 10.9. The lowest BCUT2D eigenvalue weighted by atomic mass is 10.0. The Morgan fingerprint density at radius 3 is 2.50 bits per heavy atom. The summed E-state index contributed by atoms with van der Waals surface area (Å²) in [6, 6.07) is 19.9. The van der Waals surface area contributed by atoms with Crippen molar-refractivity contribution in [1.29, 1.82) is 0 Å². The van der Waals surface area contributed by atoms with Crippen LogP contribution in [0.4, 0.5) is 5.69 Å². The summed E-state index contributed by atoms with van der Waals surface area (Å²) in [7, 11) is 1.67. The number of hydrogen-bond acceptors (Lipinski definition) is 5. The zero-order chi connectivity index (χ0) is 17.9. The van der Waals surface area contributed by atoms with Crippen LogP contribution in [0.1, 0.15) is 33.3 Å². The minimum Gasteiger partial charge on any atom is -0.497 e. The second-order valence-electron chi connectivity index (χ2n) is 6.07. The molecule has 1 aliphatic rings. The van der Waals surface area contributed by atoms with Gasteiger partial charge in [0.25, 0.3) is 0 Å². The minimum absolute atomic E-state index is 0.111. The van der Waals surface area contributed by atoms with Gasteiger partial charge in [-0.05, 0) is 53.4 Å². The van der Waals surface area contributed by atoms with Gasteiger partial charge >= 0.3 is 0 Å². The van der Waals surface area contributed by atoms with Gasteiger partial charge in [0.05, 0.1) is 29.4 Å². The van der Waals surface area contributed by atoms with Gasteiger partial charge < -0.3 is 4.74 Å². The highest BCUT2D eigenvalue weighted by Gasteiger charge is 2.30. The molecule has 0 saturated heterocycles. The van der Waals surface area contributed by atoms with Gasteiger partial charge in [0.15, 0.2) is 0 Å². The Morgan fingerprint density at radius 2 is 1.88 bits per heavy atom. The molecule has 1 atom stereocenters. The molecule has 4 nitrogen and oxygen atoms in total. The highest BCUT2D eigenvalue weighted by molar-refractivity contribution is 7.12. The number of nitrogens with zero attached hydrogens (tertiary/aromatic N) is 2. The van der Waals surface area contributed by atoms with Crippen molar-refractivity contribution in [3.63, 3.8) is 0 Å². The van der Waals surface area contributed by atoms with Gasteiger partial charge in [-0.1, -0.05) is 18.2 Å². The molecule has 3 aromatic rings. The van der Waals surface area contributed by atoms with Crippen molar-refractivity contribution in [1.82, 2.24) is 0 Å². The van der Waals surface area contributed by atoms with E-state index in [1.165, 1.54) is 10.4 Å². The van der Waals surface area contributed by atoms with Crippen molar-refractivity contribution in [2.75, 3.05) is 12.1 Å². The van der Waals surface area contributed by atoms with Gasteiger partial charge in [0.2, 0.25) is 0 Å². The molecule has 1 aliphatic heterocycles. The van der Waals surface area contributed by atoms with Crippen molar-refractivity contribution in [2.24, 2.45) is 5.10 Å². The van der Waals surface area contributed by atoms with Gasteiger partial charge in [-0.15, -0.1) is 11.3 Å². The lowest BCUT2D eigenvalue weighted by Crippen LogP contribution is -2.18. The molecule has 0 radical (unpaired) electrons. The first kappa shape index (κ1) is 16.5. The van der Waals surface area contributed by atoms with Crippen molar-refractivity contribution < 1.29 is 9.53 Å². The summed E-state index contributed by atoms with van der Waals surface area (Å²) >= 11 is 1.70. The van der Waals surface area contributed by atoms with Crippen LogP contribution in [0.15, 0.2) is 71.1 Å². The van der Waals surface area contributed by atoms with Gasteiger partial charge in [0.1, 0.15) is 12.0 Å². The molecule has 2 aromatic carbocycles. The van der Waals surface area contributed by atoms with E-state index in [2.05, 4.69) is 23.6 Å². The highest BCUT2D eigenvalue weighted by Crippen LogP contribution is 2.37. The fraction of sp³-hybridized carbons (Fsp3) is 0.143. The molecule has 26 heavy (non-hydrogen) atoms. The molecule has 0 N–H and O–H groups in total. The van der Waals surface area contributed by atoms with Crippen LogP contribution in [0.25, 0.3) is 0 Å². The van der Waals surface area contributed by atoms with E-state index in [0.29, 0.717) is 5.56 Å². The molecular weight excluding hydrogens is 344 g/mol. The molecule has 0 spiro atoms. The first-order valence-corrected chi connectivity index (χ1v) is 9.26. The Balaban J connectivity index is 1.71. The number of aldehydes is 1. The Bertz CT molecular complexity index is 916. The number of carbonyl (C=O) groups excluding carboxylic acids is 1. The number of hydrogen-bond donors (Lipinski definition) is 0. The molecule has 130 valence electrons. The number of ether oxygens (including phenoxy) is 1. The van der Waals surface area contributed by atoms with E-state index in [4.69, 9.17) is 9.84 Å². The molecule has 2 heterocycles. The fourth-order valence-electron chi connectivity index (χ4n) is 3.13. The number of hydrazone groups is 1. The minimum atomic E-state index is 0.111. The highest BCUT2D eigenvalue weighted by atomic mass is 32.1. The van der Waals surface area contributed by atoms with Crippen molar-refractivity contribution in [3.05, 3.63) is 82.0 Å². The van der Waals surface area contributed by atoms with Crippen LogP contribution in [0.5, 0.6) is 5.75 Å². The summed E-state index contributed by atoms with van der Waals surface area (Å²) in [5.74, 6) is 0.841. The number of benzene rings is 2. The molecule has 0 fully saturated rings. The SMILES string of the molecule is COc1ccc([C@H]2CC(c3cccs3)=NN2c2ccc(C=O)cc2)cc1. The van der Waals surface area contributed by atoms with Crippen LogP contribution in [-0.2, 0) is 0 Å². The largest absolute Gasteiger partial charge is 0.497 e.